The van der Waals surface area contributed by atoms with Crippen LogP contribution in [0.3, 0.4) is 0 Å². The molecular formula is C15H16FeN2OP. The van der Waals surface area contributed by atoms with Crippen LogP contribution in [0.25, 0.3) is 0 Å². The van der Waals surface area contributed by atoms with Crippen molar-refractivity contribution in [2.24, 2.45) is 4.99 Å². The van der Waals surface area contributed by atoms with Gasteiger partial charge in [0.25, 0.3) is 0 Å². The number of aliphatic imine (C=N–C) groups is 1. The topological polar surface area (TPSA) is 24.8 Å². The van der Waals surface area contributed by atoms with Crippen LogP contribution in [0.15, 0.2) is 65.7 Å². The minimum absolute atomic E-state index is 0.699. The molecule has 0 aliphatic carbocycles. The first kappa shape index (κ1) is 13.6. The number of hydrogen-bond acceptors (Lipinski definition) is 3. The summed E-state index contributed by atoms with van der Waals surface area (Å²) in [5.74, 6) is 0. The van der Waals surface area contributed by atoms with Crippen molar-refractivity contribution in [1.82, 2.24) is 0 Å². The minimum atomic E-state index is -0.926. The van der Waals surface area contributed by atoms with E-state index in [2.05, 4.69) is 65.4 Å². The zero-order valence-electron chi connectivity index (χ0n) is 10.9. The predicted octanol–water partition coefficient (Wildman–Crippen LogP) is 3.53. The number of hydrogen-bond donors (Lipinski definition) is 0. The predicted molar refractivity (Wildman–Crippen MR) is 83.0 cm³/mol. The Bertz CT molecular complexity index is 552. The summed E-state index contributed by atoms with van der Waals surface area (Å²) >= 11 is -0.926. The molecule has 1 aliphatic rings. The third kappa shape index (κ3) is 2.88. The van der Waals surface area contributed by atoms with Gasteiger partial charge in [0.2, 0.25) is 0 Å². The molecule has 1 aliphatic heterocycles. The van der Waals surface area contributed by atoms with Gasteiger partial charge in [0.15, 0.2) is 0 Å². The van der Waals surface area contributed by atoms with Gasteiger partial charge in [0, 0.05) is 0 Å². The van der Waals surface area contributed by atoms with Crippen LogP contribution in [0.2, 0.25) is 0 Å². The van der Waals surface area contributed by atoms with Crippen molar-refractivity contribution in [1.29, 1.82) is 0 Å². The molecule has 0 saturated heterocycles. The summed E-state index contributed by atoms with van der Waals surface area (Å²) in [4.78, 5) is 5.34. The van der Waals surface area contributed by atoms with Gasteiger partial charge in [0.05, 0.1) is 0 Å². The van der Waals surface area contributed by atoms with Gasteiger partial charge in [0.1, 0.15) is 0 Å². The molecule has 0 bridgehead atoms. The molecule has 0 radical (unpaired) electrons. The second-order valence-corrected chi connectivity index (χ2v) is 7.60. The molecule has 1 atom stereocenters. The third-order valence-corrected chi connectivity index (χ3v) is 6.21. The monoisotopic (exact) mass is 327 g/mol. The van der Waals surface area contributed by atoms with E-state index in [-0.39, 0.29) is 0 Å². The van der Waals surface area contributed by atoms with Crippen molar-refractivity contribution in [2.45, 2.75) is 0 Å². The standard InChI is InChI=1S/C12H10N.C3H4NO.Fe.H2P/c1-3-7-11(8-4-1)13-12-9-5-2-6-10-12;1-2-5-3-4-1;;/h1-10H;1-2H2;;1H2/q-1;;+2;-1. The Labute approximate surface area is 125 Å². The fourth-order valence-electron chi connectivity index (χ4n) is 1.94. The first-order valence-electron chi connectivity index (χ1n) is 6.34. The maximum atomic E-state index is 5.66. The van der Waals surface area contributed by atoms with E-state index in [1.165, 1.54) is 0 Å². The van der Waals surface area contributed by atoms with Crippen LogP contribution < -0.4 is 3.92 Å². The molecule has 105 valence electrons. The summed E-state index contributed by atoms with van der Waals surface area (Å²) in [6, 6.07) is 20.8. The first-order chi connectivity index (χ1) is 9.86. The van der Waals surface area contributed by atoms with Crippen LogP contribution in [0.5, 0.6) is 0 Å². The van der Waals surface area contributed by atoms with Crippen LogP contribution in [-0.4, -0.2) is 17.9 Å². The molecule has 2 aromatic rings. The number of nitrogens with zero attached hydrogens (tertiary/aromatic N) is 2. The normalized spacial score (nSPS) is 14.4. The number of benzene rings is 2. The van der Waals surface area contributed by atoms with Crippen molar-refractivity contribution in [3.63, 3.8) is 0 Å². The van der Waals surface area contributed by atoms with Crippen molar-refractivity contribution in [3.05, 3.63) is 60.7 Å². The van der Waals surface area contributed by atoms with Crippen LogP contribution in [0, 0.1) is 0 Å². The van der Waals surface area contributed by atoms with Crippen LogP contribution in [0.1, 0.15) is 0 Å². The summed E-state index contributed by atoms with van der Waals surface area (Å²) in [6.07, 6.45) is 0. The molecule has 3 rings (SSSR count). The van der Waals surface area contributed by atoms with Gasteiger partial charge in [-0.2, -0.15) is 0 Å². The molecule has 2 aromatic carbocycles. The molecule has 0 spiro atoms. The second-order valence-electron chi connectivity index (χ2n) is 4.19. The molecular weight excluding hydrogens is 311 g/mol. The van der Waals surface area contributed by atoms with Gasteiger partial charge < -0.3 is 0 Å². The van der Waals surface area contributed by atoms with Crippen molar-refractivity contribution in [2.75, 3.05) is 17.1 Å². The molecule has 20 heavy (non-hydrogen) atoms. The molecule has 0 amide bonds. The van der Waals surface area contributed by atoms with Crippen LogP contribution in [0.4, 0.5) is 11.4 Å². The van der Waals surface area contributed by atoms with E-state index in [0.29, 0.717) is 6.61 Å². The Morgan fingerprint density at radius 3 is 1.95 bits per heavy atom. The quantitative estimate of drug-likeness (QED) is 0.634. The molecule has 1 unspecified atom stereocenters. The van der Waals surface area contributed by atoms with E-state index in [9.17, 15) is 0 Å². The third-order valence-electron chi connectivity index (χ3n) is 2.82. The molecule has 1 heterocycles. The Hall–Kier alpha value is -1.34. The summed E-state index contributed by atoms with van der Waals surface area (Å²) in [5, 5.41) is 0. The average molecular weight is 327 g/mol. The van der Waals surface area contributed by atoms with Gasteiger partial charge in [-0.25, -0.2) is 0 Å². The molecule has 0 N–H and O–H groups in total. The maximum absolute atomic E-state index is 5.66. The Balaban J connectivity index is 2.00. The van der Waals surface area contributed by atoms with E-state index < -0.39 is 13.7 Å². The van der Waals surface area contributed by atoms with Gasteiger partial charge in [-0.3, -0.25) is 0 Å². The zero-order chi connectivity index (χ0) is 13.8. The fraction of sp³-hybridized carbons (Fsp3) is 0.133. The summed E-state index contributed by atoms with van der Waals surface area (Å²) in [5.41, 5.74) is 2.32. The van der Waals surface area contributed by atoms with Crippen molar-refractivity contribution < 1.29 is 18.4 Å². The molecule has 0 saturated carbocycles. The van der Waals surface area contributed by atoms with Gasteiger partial charge in [-0.1, -0.05) is 0 Å². The summed E-state index contributed by atoms with van der Waals surface area (Å²) < 4.78 is 7.96. The van der Waals surface area contributed by atoms with Crippen molar-refractivity contribution >= 4 is 24.1 Å². The summed E-state index contributed by atoms with van der Waals surface area (Å²) in [7, 11) is 2.92. The number of para-hydroxylation sites is 2. The van der Waals surface area contributed by atoms with E-state index in [1.807, 2.05) is 12.1 Å². The number of anilines is 2. The molecule has 0 fully saturated rings. The Kier molecular flexibility index (Phi) is 4.37. The first-order valence-corrected chi connectivity index (χ1v) is 9.71. The Morgan fingerprint density at radius 1 is 0.950 bits per heavy atom. The number of rotatable bonds is 4. The van der Waals surface area contributed by atoms with Crippen LogP contribution >= 0.6 is 7.93 Å². The second kappa shape index (κ2) is 6.41. The van der Waals surface area contributed by atoms with Gasteiger partial charge >= 0.3 is 125 Å². The van der Waals surface area contributed by atoms with E-state index >= 15 is 0 Å². The van der Waals surface area contributed by atoms with E-state index in [0.717, 1.165) is 22.7 Å². The summed E-state index contributed by atoms with van der Waals surface area (Å²) in [6.45, 7) is 1.47. The van der Waals surface area contributed by atoms with Gasteiger partial charge in [-0.05, 0) is 0 Å². The van der Waals surface area contributed by atoms with E-state index in [1.54, 1.807) is 0 Å². The SMILES string of the molecule is [PH2][Fe]([C]1=NCCO1)[N](c1ccccc1)c1ccccc1. The molecule has 5 heteroatoms. The fourth-order valence-corrected chi connectivity index (χ4v) is 5.05. The van der Waals surface area contributed by atoms with Gasteiger partial charge in [-0.15, -0.1) is 0 Å². The Morgan fingerprint density at radius 2 is 1.50 bits per heavy atom. The zero-order valence-corrected chi connectivity index (χ0v) is 13.2. The van der Waals surface area contributed by atoms with Crippen molar-refractivity contribution in [3.8, 4) is 0 Å². The average Bonchev–Trinajstić information content (AvgIpc) is 3.04. The van der Waals surface area contributed by atoms with E-state index in [4.69, 9.17) is 4.74 Å². The van der Waals surface area contributed by atoms with Crippen LogP contribution in [-0.2, 0) is 18.4 Å². The molecule has 0 aromatic heterocycles. The molecule has 3 nitrogen and oxygen atoms in total. The number of ether oxygens (including phenoxy) is 1.